The fourth-order valence-electron chi connectivity index (χ4n) is 1.96. The molecule has 1 aromatic carbocycles. The number of unbranched alkanes of at least 4 members (excludes halogenated alkanes) is 2. The van der Waals surface area contributed by atoms with E-state index in [0.29, 0.717) is 0 Å². The number of anilines is 1. The molecule has 3 nitrogen and oxygen atoms in total. The second-order valence-corrected chi connectivity index (χ2v) is 5.90. The van der Waals surface area contributed by atoms with Crippen molar-refractivity contribution in [3.05, 3.63) is 24.3 Å². The molecular formula is C17H30N2O. The Morgan fingerprint density at radius 1 is 1.15 bits per heavy atom. The first-order chi connectivity index (χ1) is 9.59. The molecule has 0 radical (unpaired) electrons. The van der Waals surface area contributed by atoms with Crippen molar-refractivity contribution in [2.24, 2.45) is 5.92 Å². The summed E-state index contributed by atoms with van der Waals surface area (Å²) in [4.78, 5) is 2.09. The lowest BCUT2D eigenvalue weighted by Gasteiger charge is -2.14. The molecule has 0 saturated carbocycles. The zero-order valence-corrected chi connectivity index (χ0v) is 13.5. The zero-order chi connectivity index (χ0) is 14.8. The van der Waals surface area contributed by atoms with E-state index < -0.39 is 0 Å². The molecule has 0 heterocycles. The number of hydrogen-bond acceptors (Lipinski definition) is 3. The van der Waals surface area contributed by atoms with Crippen LogP contribution in [0.3, 0.4) is 0 Å². The van der Waals surface area contributed by atoms with Gasteiger partial charge >= 0.3 is 0 Å². The third kappa shape index (κ3) is 7.39. The molecule has 0 amide bonds. The van der Waals surface area contributed by atoms with Crippen molar-refractivity contribution in [1.29, 1.82) is 0 Å². The Morgan fingerprint density at radius 2 is 1.95 bits per heavy atom. The molecule has 1 aromatic rings. The first kappa shape index (κ1) is 16.8. The van der Waals surface area contributed by atoms with Crippen LogP contribution in [0.1, 0.15) is 33.1 Å². The van der Waals surface area contributed by atoms with Gasteiger partial charge in [0.25, 0.3) is 0 Å². The summed E-state index contributed by atoms with van der Waals surface area (Å²) in [5.41, 5.74) is 1.18. The average Bonchev–Trinajstić information content (AvgIpc) is 2.41. The molecule has 0 aliphatic heterocycles. The van der Waals surface area contributed by atoms with Gasteiger partial charge in [-0.25, -0.2) is 0 Å². The van der Waals surface area contributed by atoms with Crippen LogP contribution in [-0.2, 0) is 0 Å². The standard InChI is InChI=1S/C17H30N2O/c1-15(2)14-18-11-6-5-7-12-20-17-10-8-9-16(13-17)19(3)4/h8-10,13,15,18H,5-7,11-12,14H2,1-4H3. The van der Waals surface area contributed by atoms with Crippen LogP contribution in [-0.4, -0.2) is 33.8 Å². The van der Waals surface area contributed by atoms with Crippen molar-refractivity contribution >= 4 is 5.69 Å². The first-order valence-electron chi connectivity index (χ1n) is 7.70. The van der Waals surface area contributed by atoms with Crippen molar-refractivity contribution in [3.63, 3.8) is 0 Å². The molecule has 0 bridgehead atoms. The summed E-state index contributed by atoms with van der Waals surface area (Å²) in [5, 5.41) is 3.47. The molecule has 0 saturated heterocycles. The van der Waals surface area contributed by atoms with E-state index in [2.05, 4.69) is 36.2 Å². The summed E-state index contributed by atoms with van der Waals surface area (Å²) in [6.45, 7) is 7.52. The van der Waals surface area contributed by atoms with E-state index in [1.165, 1.54) is 18.5 Å². The Balaban J connectivity index is 2.08. The van der Waals surface area contributed by atoms with Crippen molar-refractivity contribution in [3.8, 4) is 5.75 Å². The largest absolute Gasteiger partial charge is 0.494 e. The quantitative estimate of drug-likeness (QED) is 0.662. The van der Waals surface area contributed by atoms with E-state index in [1.807, 2.05) is 26.2 Å². The molecule has 0 atom stereocenters. The summed E-state index contributed by atoms with van der Waals surface area (Å²) in [6.07, 6.45) is 3.57. The second kappa shape index (κ2) is 9.65. The van der Waals surface area contributed by atoms with Crippen LogP contribution in [0.2, 0.25) is 0 Å². The van der Waals surface area contributed by atoms with E-state index in [1.54, 1.807) is 0 Å². The van der Waals surface area contributed by atoms with Crippen LogP contribution < -0.4 is 15.0 Å². The topological polar surface area (TPSA) is 24.5 Å². The minimum absolute atomic E-state index is 0.738. The molecule has 0 aliphatic carbocycles. The number of ether oxygens (including phenoxy) is 1. The van der Waals surface area contributed by atoms with Crippen LogP contribution >= 0.6 is 0 Å². The van der Waals surface area contributed by atoms with Crippen LogP contribution in [0.4, 0.5) is 5.69 Å². The summed E-state index contributed by atoms with van der Waals surface area (Å²) in [5.74, 6) is 1.71. The molecule has 1 rings (SSSR count). The van der Waals surface area contributed by atoms with Crippen LogP contribution in [0.15, 0.2) is 24.3 Å². The molecule has 0 aromatic heterocycles. The molecule has 3 heteroatoms. The molecular weight excluding hydrogens is 248 g/mol. The highest BCUT2D eigenvalue weighted by molar-refractivity contribution is 5.49. The van der Waals surface area contributed by atoms with E-state index in [-0.39, 0.29) is 0 Å². The fraction of sp³-hybridized carbons (Fsp3) is 0.647. The van der Waals surface area contributed by atoms with Crippen LogP contribution in [0.5, 0.6) is 5.75 Å². The fourth-order valence-corrected chi connectivity index (χ4v) is 1.96. The van der Waals surface area contributed by atoms with Gasteiger partial charge in [-0.3, -0.25) is 0 Å². The maximum atomic E-state index is 5.79. The van der Waals surface area contributed by atoms with Crippen LogP contribution in [0.25, 0.3) is 0 Å². The van der Waals surface area contributed by atoms with Crippen molar-refractivity contribution in [2.75, 3.05) is 38.7 Å². The van der Waals surface area contributed by atoms with Crippen molar-refractivity contribution in [1.82, 2.24) is 5.32 Å². The van der Waals surface area contributed by atoms with E-state index in [9.17, 15) is 0 Å². The van der Waals surface area contributed by atoms with E-state index in [4.69, 9.17) is 4.74 Å². The minimum Gasteiger partial charge on any atom is -0.494 e. The van der Waals surface area contributed by atoms with Gasteiger partial charge in [-0.2, -0.15) is 0 Å². The maximum Gasteiger partial charge on any atom is 0.121 e. The number of rotatable bonds is 10. The highest BCUT2D eigenvalue weighted by Gasteiger charge is 1.98. The zero-order valence-electron chi connectivity index (χ0n) is 13.5. The Bertz CT molecular complexity index is 364. The minimum atomic E-state index is 0.738. The Labute approximate surface area is 124 Å². The predicted molar refractivity (Wildman–Crippen MR) is 87.8 cm³/mol. The molecule has 0 fully saturated rings. The molecule has 20 heavy (non-hydrogen) atoms. The number of nitrogens with one attached hydrogen (secondary N) is 1. The van der Waals surface area contributed by atoms with Gasteiger partial charge in [-0.05, 0) is 50.4 Å². The normalized spacial score (nSPS) is 10.8. The number of benzene rings is 1. The molecule has 114 valence electrons. The molecule has 0 aliphatic rings. The summed E-state index contributed by atoms with van der Waals surface area (Å²) in [7, 11) is 4.09. The summed E-state index contributed by atoms with van der Waals surface area (Å²) >= 11 is 0. The van der Waals surface area contributed by atoms with Gasteiger partial charge in [-0.15, -0.1) is 0 Å². The van der Waals surface area contributed by atoms with E-state index in [0.717, 1.165) is 37.8 Å². The van der Waals surface area contributed by atoms with Crippen molar-refractivity contribution in [2.45, 2.75) is 33.1 Å². The third-order valence-corrected chi connectivity index (χ3v) is 3.15. The molecule has 0 unspecified atom stereocenters. The van der Waals surface area contributed by atoms with Gasteiger partial charge < -0.3 is 15.0 Å². The monoisotopic (exact) mass is 278 g/mol. The lowest BCUT2D eigenvalue weighted by molar-refractivity contribution is 0.305. The Hall–Kier alpha value is -1.22. The van der Waals surface area contributed by atoms with E-state index >= 15 is 0 Å². The first-order valence-corrected chi connectivity index (χ1v) is 7.70. The SMILES string of the molecule is CC(C)CNCCCCCOc1cccc(N(C)C)c1. The number of nitrogens with zero attached hydrogens (tertiary/aromatic N) is 1. The average molecular weight is 278 g/mol. The van der Waals surface area contributed by atoms with Gasteiger partial charge in [0.15, 0.2) is 0 Å². The molecule has 1 N–H and O–H groups in total. The number of hydrogen-bond donors (Lipinski definition) is 1. The highest BCUT2D eigenvalue weighted by atomic mass is 16.5. The molecule has 0 spiro atoms. The van der Waals surface area contributed by atoms with Gasteiger partial charge in [0.1, 0.15) is 5.75 Å². The lowest BCUT2D eigenvalue weighted by Crippen LogP contribution is -2.20. The lowest BCUT2D eigenvalue weighted by atomic mass is 10.2. The summed E-state index contributed by atoms with van der Waals surface area (Å²) in [6, 6.07) is 8.25. The Morgan fingerprint density at radius 3 is 2.65 bits per heavy atom. The van der Waals surface area contributed by atoms with Gasteiger partial charge in [0.05, 0.1) is 6.61 Å². The highest BCUT2D eigenvalue weighted by Crippen LogP contribution is 2.19. The summed E-state index contributed by atoms with van der Waals surface area (Å²) < 4.78 is 5.79. The predicted octanol–water partition coefficient (Wildman–Crippen LogP) is 3.55. The third-order valence-electron chi connectivity index (χ3n) is 3.15. The maximum absolute atomic E-state index is 5.79. The van der Waals surface area contributed by atoms with Crippen LogP contribution in [0, 0.1) is 5.92 Å². The second-order valence-electron chi connectivity index (χ2n) is 5.90. The van der Waals surface area contributed by atoms with Gasteiger partial charge in [0, 0.05) is 25.8 Å². The van der Waals surface area contributed by atoms with Gasteiger partial charge in [-0.1, -0.05) is 19.9 Å². The Kier molecular flexibility index (Phi) is 8.12. The van der Waals surface area contributed by atoms with Crippen molar-refractivity contribution < 1.29 is 4.74 Å². The smallest absolute Gasteiger partial charge is 0.121 e. The van der Waals surface area contributed by atoms with Gasteiger partial charge in [0.2, 0.25) is 0 Å².